The lowest BCUT2D eigenvalue weighted by Crippen LogP contribution is -2.35. The van der Waals surface area contributed by atoms with Crippen molar-refractivity contribution in [2.45, 2.75) is 19.4 Å². The van der Waals surface area contributed by atoms with Crippen LogP contribution in [0.1, 0.15) is 33.9 Å². The number of carbonyl (C=O) groups is 2. The van der Waals surface area contributed by atoms with E-state index >= 15 is 0 Å². The number of ether oxygens (including phenoxy) is 1. The quantitative estimate of drug-likeness (QED) is 0.612. The number of carbonyl (C=O) groups excluding carboxylic acids is 2. The summed E-state index contributed by atoms with van der Waals surface area (Å²) in [7, 11) is 1.28. The number of amides is 1. The molecule has 0 saturated heterocycles. The maximum atomic E-state index is 12.8. The Morgan fingerprint density at radius 1 is 1.25 bits per heavy atom. The number of halogens is 1. The highest BCUT2D eigenvalue weighted by Gasteiger charge is 2.22. The number of hydrogen-bond acceptors (Lipinski definition) is 5. The van der Waals surface area contributed by atoms with Gasteiger partial charge >= 0.3 is 5.97 Å². The zero-order chi connectivity index (χ0) is 20.3. The SMILES string of the molecule is COC(=O)C[C@H](NC(=O)c1cnc2c(C)cccn2c1=O)c1ccc(Br)cc1. The van der Waals surface area contributed by atoms with Crippen LogP contribution in [-0.4, -0.2) is 28.4 Å². The molecule has 0 radical (unpaired) electrons. The van der Waals surface area contributed by atoms with E-state index in [2.05, 4.69) is 26.2 Å². The normalized spacial score (nSPS) is 11.8. The lowest BCUT2D eigenvalue weighted by molar-refractivity contribution is -0.141. The molecule has 0 bridgehead atoms. The highest BCUT2D eigenvalue weighted by atomic mass is 79.9. The van der Waals surface area contributed by atoms with Crippen molar-refractivity contribution >= 4 is 33.5 Å². The predicted molar refractivity (Wildman–Crippen MR) is 107 cm³/mol. The second kappa shape index (κ2) is 8.35. The second-order valence-corrected chi connectivity index (χ2v) is 7.14. The number of nitrogens with one attached hydrogen (secondary N) is 1. The van der Waals surface area contributed by atoms with Gasteiger partial charge in [0.1, 0.15) is 11.2 Å². The minimum atomic E-state index is -0.648. The van der Waals surface area contributed by atoms with Gasteiger partial charge in [-0.1, -0.05) is 34.1 Å². The summed E-state index contributed by atoms with van der Waals surface area (Å²) in [4.78, 5) is 41.6. The van der Waals surface area contributed by atoms with Gasteiger partial charge in [0.25, 0.3) is 11.5 Å². The Kier molecular flexibility index (Phi) is 5.89. The summed E-state index contributed by atoms with van der Waals surface area (Å²) in [6.07, 6.45) is 2.76. The van der Waals surface area contributed by atoms with Crippen LogP contribution < -0.4 is 10.9 Å². The van der Waals surface area contributed by atoms with Gasteiger partial charge < -0.3 is 10.1 Å². The molecule has 1 aromatic carbocycles. The number of methoxy groups -OCH3 is 1. The van der Waals surface area contributed by atoms with Crippen molar-refractivity contribution in [3.05, 3.63) is 80.3 Å². The van der Waals surface area contributed by atoms with Crippen molar-refractivity contribution in [3.63, 3.8) is 0 Å². The molecule has 2 heterocycles. The van der Waals surface area contributed by atoms with Crippen molar-refractivity contribution in [2.75, 3.05) is 7.11 Å². The summed E-state index contributed by atoms with van der Waals surface area (Å²) in [6, 6.07) is 10.1. The highest BCUT2D eigenvalue weighted by molar-refractivity contribution is 9.10. The molecular formula is C20H18BrN3O4. The maximum Gasteiger partial charge on any atom is 0.307 e. The van der Waals surface area contributed by atoms with Crippen LogP contribution in [0.5, 0.6) is 0 Å². The zero-order valence-electron chi connectivity index (χ0n) is 15.3. The predicted octanol–water partition coefficient (Wildman–Crippen LogP) is 2.80. The summed E-state index contributed by atoms with van der Waals surface area (Å²) < 4.78 is 6.93. The maximum absolute atomic E-state index is 12.8. The lowest BCUT2D eigenvalue weighted by atomic mass is 10.0. The minimum absolute atomic E-state index is 0.0642. The van der Waals surface area contributed by atoms with Gasteiger partial charge in [-0.2, -0.15) is 0 Å². The molecule has 1 N–H and O–H groups in total. The van der Waals surface area contributed by atoms with Crippen molar-refractivity contribution in [3.8, 4) is 0 Å². The molecule has 0 aliphatic heterocycles. The molecular weight excluding hydrogens is 426 g/mol. The van der Waals surface area contributed by atoms with Crippen LogP contribution in [0.4, 0.5) is 0 Å². The number of aromatic nitrogens is 2. The number of aryl methyl sites for hydroxylation is 1. The summed E-state index contributed by atoms with van der Waals surface area (Å²) in [5.41, 5.74) is 1.45. The van der Waals surface area contributed by atoms with E-state index in [1.165, 1.54) is 17.7 Å². The zero-order valence-corrected chi connectivity index (χ0v) is 16.9. The van der Waals surface area contributed by atoms with E-state index in [4.69, 9.17) is 4.74 Å². The van der Waals surface area contributed by atoms with E-state index in [0.717, 1.165) is 10.0 Å². The fourth-order valence-electron chi connectivity index (χ4n) is 2.84. The monoisotopic (exact) mass is 443 g/mol. The molecule has 3 rings (SSSR count). The number of esters is 1. The first-order valence-electron chi connectivity index (χ1n) is 8.51. The van der Waals surface area contributed by atoms with Crippen LogP contribution in [0, 0.1) is 6.92 Å². The third-order valence-electron chi connectivity index (χ3n) is 4.35. The van der Waals surface area contributed by atoms with Crippen molar-refractivity contribution in [1.82, 2.24) is 14.7 Å². The van der Waals surface area contributed by atoms with Gasteiger partial charge in [0.15, 0.2) is 0 Å². The summed E-state index contributed by atoms with van der Waals surface area (Å²) in [5, 5.41) is 2.75. The van der Waals surface area contributed by atoms with Crippen LogP contribution in [0.15, 0.2) is 58.1 Å². The van der Waals surface area contributed by atoms with Crippen LogP contribution in [0.2, 0.25) is 0 Å². The van der Waals surface area contributed by atoms with Crippen LogP contribution in [0.3, 0.4) is 0 Å². The average molecular weight is 444 g/mol. The van der Waals surface area contributed by atoms with Gasteiger partial charge in [-0.3, -0.25) is 18.8 Å². The first kappa shape index (κ1) is 19.8. The van der Waals surface area contributed by atoms with Gasteiger partial charge in [0.05, 0.1) is 19.6 Å². The summed E-state index contributed by atoms with van der Waals surface area (Å²) in [6.45, 7) is 1.83. The summed E-state index contributed by atoms with van der Waals surface area (Å²) in [5.74, 6) is -1.08. The fraction of sp³-hybridized carbons (Fsp3) is 0.200. The standard InChI is InChI=1S/C20H18BrN3O4/c1-12-4-3-9-24-18(12)22-11-15(20(24)27)19(26)23-16(10-17(25)28-2)13-5-7-14(21)8-6-13/h3-9,11,16H,10H2,1-2H3,(H,23,26)/t16-/m0/s1. The molecule has 7 nitrogen and oxygen atoms in total. The van der Waals surface area contributed by atoms with E-state index in [1.807, 2.05) is 13.0 Å². The fourth-order valence-corrected chi connectivity index (χ4v) is 3.10. The molecule has 0 fully saturated rings. The number of pyridine rings is 1. The molecule has 8 heteroatoms. The molecule has 0 spiro atoms. The van der Waals surface area contributed by atoms with E-state index in [0.29, 0.717) is 11.2 Å². The van der Waals surface area contributed by atoms with E-state index < -0.39 is 23.5 Å². The smallest absolute Gasteiger partial charge is 0.307 e. The Hall–Kier alpha value is -3.00. The number of benzene rings is 1. The molecule has 144 valence electrons. The Labute approximate surface area is 169 Å². The molecule has 2 aromatic heterocycles. The number of rotatable bonds is 5. The van der Waals surface area contributed by atoms with Crippen LogP contribution >= 0.6 is 15.9 Å². The van der Waals surface area contributed by atoms with E-state index in [9.17, 15) is 14.4 Å². The van der Waals surface area contributed by atoms with Crippen molar-refractivity contribution < 1.29 is 14.3 Å². The van der Waals surface area contributed by atoms with Gasteiger partial charge in [-0.15, -0.1) is 0 Å². The van der Waals surface area contributed by atoms with Crippen molar-refractivity contribution in [2.24, 2.45) is 0 Å². The van der Waals surface area contributed by atoms with E-state index in [-0.39, 0.29) is 12.0 Å². The topological polar surface area (TPSA) is 89.8 Å². The first-order valence-corrected chi connectivity index (χ1v) is 9.30. The van der Waals surface area contributed by atoms with Gasteiger partial charge in [0.2, 0.25) is 0 Å². The van der Waals surface area contributed by atoms with Crippen LogP contribution in [0.25, 0.3) is 5.65 Å². The number of nitrogens with zero attached hydrogens (tertiary/aromatic N) is 2. The van der Waals surface area contributed by atoms with Gasteiger partial charge in [0, 0.05) is 16.9 Å². The summed E-state index contributed by atoms with van der Waals surface area (Å²) >= 11 is 3.35. The highest BCUT2D eigenvalue weighted by Crippen LogP contribution is 2.20. The van der Waals surface area contributed by atoms with E-state index in [1.54, 1.807) is 36.5 Å². The lowest BCUT2D eigenvalue weighted by Gasteiger charge is -2.18. The minimum Gasteiger partial charge on any atom is -0.469 e. The largest absolute Gasteiger partial charge is 0.469 e. The molecule has 0 aliphatic rings. The molecule has 0 aliphatic carbocycles. The van der Waals surface area contributed by atoms with Crippen LogP contribution in [-0.2, 0) is 9.53 Å². The Balaban J connectivity index is 1.94. The molecule has 1 amide bonds. The molecule has 3 aromatic rings. The Bertz CT molecular complexity index is 1090. The third kappa shape index (κ3) is 4.12. The molecule has 0 saturated carbocycles. The third-order valence-corrected chi connectivity index (χ3v) is 4.88. The first-order chi connectivity index (χ1) is 13.4. The average Bonchev–Trinajstić information content (AvgIpc) is 2.68. The molecule has 0 unspecified atom stereocenters. The number of fused-ring (bicyclic) bond motifs is 1. The Morgan fingerprint density at radius 2 is 1.96 bits per heavy atom. The molecule has 28 heavy (non-hydrogen) atoms. The molecule has 1 atom stereocenters. The van der Waals surface area contributed by atoms with Gasteiger partial charge in [-0.05, 0) is 36.2 Å². The van der Waals surface area contributed by atoms with Gasteiger partial charge in [-0.25, -0.2) is 4.98 Å². The van der Waals surface area contributed by atoms with Crippen molar-refractivity contribution in [1.29, 1.82) is 0 Å². The Morgan fingerprint density at radius 3 is 2.64 bits per heavy atom. The number of hydrogen-bond donors (Lipinski definition) is 1. The second-order valence-electron chi connectivity index (χ2n) is 6.22.